The summed E-state index contributed by atoms with van der Waals surface area (Å²) in [5.41, 5.74) is 1.08. The molecule has 0 aliphatic rings. The van der Waals surface area contributed by atoms with Gasteiger partial charge in [0.1, 0.15) is 22.9 Å². The van der Waals surface area contributed by atoms with E-state index in [0.29, 0.717) is 21.9 Å². The van der Waals surface area contributed by atoms with Gasteiger partial charge in [0.2, 0.25) is 20.0 Å². The highest BCUT2D eigenvalue weighted by molar-refractivity contribution is 8.04. The molecule has 0 unspecified atom stereocenters. The highest BCUT2D eigenvalue weighted by atomic mass is 32.3. The lowest BCUT2D eigenvalue weighted by molar-refractivity contribution is 0.448. The molecule has 0 fully saturated rings. The Hall–Kier alpha value is -2.76. The normalized spacial score (nSPS) is 12.7. The highest BCUT2D eigenvalue weighted by Crippen LogP contribution is 2.21. The molecule has 27 heavy (non-hydrogen) atoms. The summed E-state index contributed by atoms with van der Waals surface area (Å²) in [6.45, 7) is 0. The molecule has 0 spiro atoms. The van der Waals surface area contributed by atoms with Crippen LogP contribution in [-0.2, 0) is 31.6 Å². The van der Waals surface area contributed by atoms with Crippen molar-refractivity contribution in [1.29, 1.82) is 0 Å². The van der Waals surface area contributed by atoms with E-state index in [4.69, 9.17) is 9.05 Å². The third-order valence-corrected chi connectivity index (χ3v) is 7.15. The van der Waals surface area contributed by atoms with Crippen molar-refractivity contribution in [3.8, 4) is 0 Å². The minimum atomic E-state index is -4.23. The minimum absolute atomic E-state index is 0.125. The van der Waals surface area contributed by atoms with Gasteiger partial charge >= 0.3 is 0 Å². The molecule has 2 aromatic heterocycles. The van der Waals surface area contributed by atoms with Crippen molar-refractivity contribution in [1.82, 2.24) is 14.4 Å². The molecule has 0 saturated heterocycles. The van der Waals surface area contributed by atoms with Gasteiger partial charge in [0, 0.05) is 10.8 Å². The first-order valence-electron chi connectivity index (χ1n) is 7.73. The summed E-state index contributed by atoms with van der Waals surface area (Å²) in [7, 11) is -8.46. The van der Waals surface area contributed by atoms with Crippen molar-refractivity contribution < 1.29 is 25.9 Å². The Labute approximate surface area is 154 Å². The lowest BCUT2D eigenvalue weighted by Crippen LogP contribution is -2.32. The number of benzene rings is 2. The van der Waals surface area contributed by atoms with Gasteiger partial charge in [-0.1, -0.05) is 34.6 Å². The Balaban J connectivity index is 1.56. The second-order valence-electron chi connectivity index (χ2n) is 5.85. The molecule has 11 heteroatoms. The van der Waals surface area contributed by atoms with E-state index in [9.17, 15) is 16.8 Å². The average molecular weight is 407 g/mol. The number of fused-ring (bicyclic) bond motifs is 2. The molecule has 9 nitrogen and oxygen atoms in total. The quantitative estimate of drug-likeness (QED) is 0.513. The maximum Gasteiger partial charge on any atom is 0.230 e. The standard InChI is InChI=1S/C16H13N3O6S2/c20-26(21,9-13-11-5-1-3-7-15(11)24-17-13)19-27(22,23)10-14-12-6-2-4-8-16(12)25-18-14/h1-8,19H,9-10H2. The maximum absolute atomic E-state index is 12.3. The molecule has 0 bridgehead atoms. The van der Waals surface area contributed by atoms with Crippen molar-refractivity contribution in [3.05, 3.63) is 59.9 Å². The van der Waals surface area contributed by atoms with E-state index in [1.807, 2.05) is 0 Å². The number of aromatic nitrogens is 2. The number of hydrogen-bond acceptors (Lipinski definition) is 8. The first-order valence-corrected chi connectivity index (χ1v) is 11.0. The van der Waals surface area contributed by atoms with E-state index in [2.05, 4.69) is 10.3 Å². The first-order chi connectivity index (χ1) is 12.8. The average Bonchev–Trinajstić information content (AvgIpc) is 3.18. The maximum atomic E-state index is 12.3. The lowest BCUT2D eigenvalue weighted by atomic mass is 10.2. The fourth-order valence-corrected chi connectivity index (χ4v) is 5.85. The molecule has 0 saturated carbocycles. The van der Waals surface area contributed by atoms with Crippen LogP contribution in [-0.4, -0.2) is 27.1 Å². The fourth-order valence-electron chi connectivity index (χ4n) is 2.70. The number of para-hydroxylation sites is 2. The minimum Gasteiger partial charge on any atom is -0.356 e. The third kappa shape index (κ3) is 3.70. The van der Waals surface area contributed by atoms with E-state index in [-0.39, 0.29) is 11.4 Å². The Morgan fingerprint density at radius 3 is 1.56 bits per heavy atom. The fraction of sp³-hybridized carbons (Fsp3) is 0.125. The van der Waals surface area contributed by atoms with Gasteiger partial charge in [0.25, 0.3) is 0 Å². The molecule has 0 amide bonds. The Morgan fingerprint density at radius 2 is 1.11 bits per heavy atom. The molecule has 2 aromatic carbocycles. The number of sulfonamides is 2. The predicted molar refractivity (Wildman–Crippen MR) is 96.4 cm³/mol. The van der Waals surface area contributed by atoms with E-state index < -0.39 is 31.6 Å². The zero-order valence-electron chi connectivity index (χ0n) is 13.7. The van der Waals surface area contributed by atoms with Crippen LogP contribution < -0.4 is 4.13 Å². The van der Waals surface area contributed by atoms with E-state index in [1.54, 1.807) is 52.7 Å². The van der Waals surface area contributed by atoms with Crippen molar-refractivity contribution in [3.63, 3.8) is 0 Å². The van der Waals surface area contributed by atoms with Crippen LogP contribution in [0.4, 0.5) is 0 Å². The van der Waals surface area contributed by atoms with Crippen LogP contribution in [0.15, 0.2) is 57.6 Å². The molecule has 0 aliphatic heterocycles. The van der Waals surface area contributed by atoms with Crippen LogP contribution >= 0.6 is 0 Å². The van der Waals surface area contributed by atoms with Crippen LogP contribution in [0.5, 0.6) is 0 Å². The zero-order chi connectivity index (χ0) is 19.1. The molecular formula is C16H13N3O6S2. The van der Waals surface area contributed by atoms with Gasteiger partial charge in [-0.3, -0.25) is 0 Å². The SMILES string of the molecule is O=S(=O)(Cc1noc2ccccc12)NS(=O)(=O)Cc1noc2ccccc12. The summed E-state index contributed by atoms with van der Waals surface area (Å²) in [5.74, 6) is -1.27. The van der Waals surface area contributed by atoms with Gasteiger partial charge in [-0.2, -0.15) is 0 Å². The number of nitrogens with zero attached hydrogens (tertiary/aromatic N) is 2. The summed E-state index contributed by atoms with van der Waals surface area (Å²) >= 11 is 0. The number of nitrogens with one attached hydrogen (secondary N) is 1. The van der Waals surface area contributed by atoms with Crippen LogP contribution in [0.2, 0.25) is 0 Å². The first kappa shape index (κ1) is 17.6. The largest absolute Gasteiger partial charge is 0.356 e. The van der Waals surface area contributed by atoms with Crippen LogP contribution in [0.1, 0.15) is 11.4 Å². The van der Waals surface area contributed by atoms with Crippen molar-refractivity contribution in [2.45, 2.75) is 11.5 Å². The molecular weight excluding hydrogens is 394 g/mol. The molecule has 4 aromatic rings. The zero-order valence-corrected chi connectivity index (χ0v) is 15.3. The molecule has 4 rings (SSSR count). The van der Waals surface area contributed by atoms with E-state index >= 15 is 0 Å². The molecule has 0 atom stereocenters. The Morgan fingerprint density at radius 1 is 0.704 bits per heavy atom. The molecule has 0 aliphatic carbocycles. The van der Waals surface area contributed by atoms with Crippen molar-refractivity contribution in [2.75, 3.05) is 0 Å². The third-order valence-electron chi connectivity index (χ3n) is 3.81. The van der Waals surface area contributed by atoms with Crippen molar-refractivity contribution in [2.24, 2.45) is 0 Å². The number of rotatable bonds is 6. The molecule has 140 valence electrons. The topological polar surface area (TPSA) is 132 Å². The second-order valence-corrected chi connectivity index (χ2v) is 9.56. The van der Waals surface area contributed by atoms with E-state index in [0.717, 1.165) is 0 Å². The van der Waals surface area contributed by atoms with Crippen molar-refractivity contribution >= 4 is 42.0 Å². The molecule has 1 N–H and O–H groups in total. The predicted octanol–water partition coefficient (Wildman–Crippen LogP) is 1.92. The highest BCUT2D eigenvalue weighted by Gasteiger charge is 2.26. The summed E-state index contributed by atoms with van der Waals surface area (Å²) in [4.78, 5) is 0. The summed E-state index contributed by atoms with van der Waals surface area (Å²) in [5, 5.41) is 8.43. The van der Waals surface area contributed by atoms with Gasteiger partial charge < -0.3 is 9.05 Å². The van der Waals surface area contributed by atoms with Gasteiger partial charge in [0.15, 0.2) is 11.2 Å². The second kappa shape index (κ2) is 6.44. The molecule has 2 heterocycles. The number of hydrogen-bond donors (Lipinski definition) is 1. The Kier molecular flexibility index (Phi) is 4.21. The van der Waals surface area contributed by atoms with Gasteiger partial charge in [-0.05, 0) is 24.3 Å². The van der Waals surface area contributed by atoms with Crippen LogP contribution in [0.3, 0.4) is 0 Å². The summed E-state index contributed by atoms with van der Waals surface area (Å²) in [6.07, 6.45) is 0. The summed E-state index contributed by atoms with van der Waals surface area (Å²) < 4.78 is 61.1. The van der Waals surface area contributed by atoms with E-state index in [1.165, 1.54) is 0 Å². The van der Waals surface area contributed by atoms with Crippen LogP contribution in [0.25, 0.3) is 21.9 Å². The lowest BCUT2D eigenvalue weighted by Gasteiger charge is -2.05. The monoisotopic (exact) mass is 407 g/mol. The summed E-state index contributed by atoms with van der Waals surface area (Å²) in [6, 6.07) is 13.4. The van der Waals surface area contributed by atoms with Crippen LogP contribution in [0, 0.1) is 0 Å². The smallest absolute Gasteiger partial charge is 0.230 e. The van der Waals surface area contributed by atoms with Gasteiger partial charge in [0.05, 0.1) is 0 Å². The Bertz CT molecular complexity index is 1230. The van der Waals surface area contributed by atoms with Gasteiger partial charge in [-0.25, -0.2) is 16.8 Å². The van der Waals surface area contributed by atoms with Gasteiger partial charge in [-0.15, -0.1) is 4.13 Å². The molecule has 0 radical (unpaired) electrons.